The van der Waals surface area contributed by atoms with Gasteiger partial charge in [-0.3, -0.25) is 4.90 Å². The Hall–Kier alpha value is -2.24. The Labute approximate surface area is 227 Å². The summed E-state index contributed by atoms with van der Waals surface area (Å²) in [5.74, 6) is 3.16. The van der Waals surface area contributed by atoms with E-state index in [1.807, 2.05) is 7.11 Å². The highest BCUT2D eigenvalue weighted by atomic mass is 16.6. The van der Waals surface area contributed by atoms with Crippen LogP contribution in [0.5, 0.6) is 11.5 Å². The molecule has 5 aliphatic carbocycles. The average Bonchev–Trinajstić information content (AvgIpc) is 3.70. The number of piperidine rings is 1. The summed E-state index contributed by atoms with van der Waals surface area (Å²) in [5, 5.41) is 3.55. The summed E-state index contributed by atoms with van der Waals surface area (Å²) in [4.78, 5) is 2.92. The molecule has 4 bridgehead atoms. The van der Waals surface area contributed by atoms with Crippen molar-refractivity contribution in [2.24, 2.45) is 11.3 Å². The predicted octanol–water partition coefficient (Wildman–Crippen LogP) is 5.91. The molecule has 2 aromatic rings. The third-order valence-electron chi connectivity index (χ3n) is 11.8. The van der Waals surface area contributed by atoms with Gasteiger partial charge in [0.2, 0.25) is 0 Å². The molecule has 38 heavy (non-hydrogen) atoms. The Morgan fingerprint density at radius 1 is 1.05 bits per heavy atom. The lowest BCUT2D eigenvalue weighted by Gasteiger charge is -2.74. The summed E-state index contributed by atoms with van der Waals surface area (Å²) in [5.41, 5.74) is 5.50. The first kappa shape index (κ1) is 23.6. The highest BCUT2D eigenvalue weighted by molar-refractivity contribution is 5.64. The van der Waals surface area contributed by atoms with E-state index in [4.69, 9.17) is 14.2 Å². The van der Waals surface area contributed by atoms with Crippen LogP contribution in [-0.2, 0) is 16.6 Å². The number of anilines is 1. The lowest BCUT2D eigenvalue weighted by Crippen LogP contribution is -2.80. The van der Waals surface area contributed by atoms with Crippen LogP contribution in [0.25, 0.3) is 0 Å². The molecule has 0 unspecified atom stereocenters. The second-order valence-electron chi connectivity index (χ2n) is 13.1. The van der Waals surface area contributed by atoms with Crippen LogP contribution in [0.4, 0.5) is 5.69 Å². The minimum absolute atomic E-state index is 0.0164. The average molecular weight is 515 g/mol. The van der Waals surface area contributed by atoms with E-state index in [0.29, 0.717) is 12.0 Å². The third-order valence-corrected chi connectivity index (χ3v) is 11.8. The molecule has 0 aromatic heterocycles. The second kappa shape index (κ2) is 8.14. The van der Waals surface area contributed by atoms with Gasteiger partial charge in [-0.15, -0.1) is 0 Å². The van der Waals surface area contributed by atoms with E-state index < -0.39 is 0 Å². The number of fused-ring (bicyclic) bond motifs is 2. The van der Waals surface area contributed by atoms with Crippen molar-refractivity contribution in [2.45, 2.75) is 87.4 Å². The van der Waals surface area contributed by atoms with Crippen molar-refractivity contribution in [3.05, 3.63) is 53.1 Å². The first-order chi connectivity index (χ1) is 18.6. The van der Waals surface area contributed by atoms with Crippen LogP contribution >= 0.6 is 0 Å². The fourth-order valence-electron chi connectivity index (χ4n) is 10.0. The molecule has 9 rings (SSSR count). The molecule has 1 saturated heterocycles. The van der Waals surface area contributed by atoms with E-state index in [1.54, 1.807) is 7.11 Å². The van der Waals surface area contributed by atoms with Crippen molar-refractivity contribution < 1.29 is 14.2 Å². The fourth-order valence-corrected chi connectivity index (χ4v) is 10.0. The van der Waals surface area contributed by atoms with Gasteiger partial charge >= 0.3 is 0 Å². The summed E-state index contributed by atoms with van der Waals surface area (Å²) < 4.78 is 19.9. The van der Waals surface area contributed by atoms with E-state index in [-0.39, 0.29) is 22.5 Å². The number of hydrogen-bond acceptors (Lipinski definition) is 5. The van der Waals surface area contributed by atoms with Crippen LogP contribution in [-0.4, -0.2) is 56.5 Å². The predicted molar refractivity (Wildman–Crippen MR) is 149 cm³/mol. The van der Waals surface area contributed by atoms with Crippen molar-refractivity contribution in [3.63, 3.8) is 0 Å². The molecule has 5 nitrogen and oxygen atoms in total. The van der Waals surface area contributed by atoms with Crippen LogP contribution < -0.4 is 14.8 Å². The molecular formula is C33H42N2O3. The molecular weight excluding hydrogens is 472 g/mol. The Morgan fingerprint density at radius 3 is 2.63 bits per heavy atom. The monoisotopic (exact) mass is 514 g/mol. The number of methoxy groups -OCH3 is 2. The lowest BCUT2D eigenvalue weighted by molar-refractivity contribution is -0.261. The van der Waals surface area contributed by atoms with Crippen molar-refractivity contribution in [3.8, 4) is 11.5 Å². The van der Waals surface area contributed by atoms with Crippen molar-refractivity contribution in [1.82, 2.24) is 4.90 Å². The summed E-state index contributed by atoms with van der Waals surface area (Å²) >= 11 is 0. The van der Waals surface area contributed by atoms with E-state index in [1.165, 1.54) is 67.6 Å². The highest BCUT2D eigenvalue weighted by Crippen LogP contribution is 2.78. The van der Waals surface area contributed by atoms with E-state index in [2.05, 4.69) is 53.5 Å². The zero-order chi connectivity index (χ0) is 25.7. The van der Waals surface area contributed by atoms with E-state index in [9.17, 15) is 0 Å². The van der Waals surface area contributed by atoms with Crippen molar-refractivity contribution >= 4 is 5.69 Å². The number of rotatable bonds is 8. The second-order valence-corrected chi connectivity index (χ2v) is 13.1. The fraction of sp³-hybridized carbons (Fsp3) is 0.636. The minimum atomic E-state index is -0.331. The Balaban J connectivity index is 1.29. The topological polar surface area (TPSA) is 43.0 Å². The molecule has 5 fully saturated rings. The van der Waals surface area contributed by atoms with E-state index in [0.717, 1.165) is 43.2 Å². The Kier molecular flexibility index (Phi) is 5.06. The molecule has 2 spiro atoms. The van der Waals surface area contributed by atoms with Gasteiger partial charge in [0.05, 0.1) is 7.11 Å². The van der Waals surface area contributed by atoms with Gasteiger partial charge in [-0.05, 0) is 93.2 Å². The highest BCUT2D eigenvalue weighted by Gasteiger charge is 2.80. The molecule has 7 aliphatic rings. The maximum absolute atomic E-state index is 7.20. The molecule has 1 N–H and O–H groups in total. The smallest absolute Gasteiger partial charge is 0.165 e. The number of nitrogens with zero attached hydrogens (tertiary/aromatic N) is 1. The molecule has 2 aliphatic heterocycles. The minimum Gasteiger partial charge on any atom is -0.493 e. The Morgan fingerprint density at radius 2 is 1.89 bits per heavy atom. The summed E-state index contributed by atoms with van der Waals surface area (Å²) in [6.45, 7) is 5.68. The lowest BCUT2D eigenvalue weighted by atomic mass is 9.34. The van der Waals surface area contributed by atoms with Crippen LogP contribution in [0, 0.1) is 11.3 Å². The SMILES string of the molecule is CCCNc1ccc([C@H]2C[C@@]34CC[C@]2(OC)[C@@H]2Oc5c(OC)ccc6c5[C@@]23CCN(CC2CC2)[C@@H]4C6)cc1. The van der Waals surface area contributed by atoms with Crippen LogP contribution in [0.2, 0.25) is 0 Å². The van der Waals surface area contributed by atoms with Gasteiger partial charge < -0.3 is 19.5 Å². The zero-order valence-electron chi connectivity index (χ0n) is 23.2. The molecule has 2 aromatic carbocycles. The largest absolute Gasteiger partial charge is 0.493 e. The molecule has 202 valence electrons. The van der Waals surface area contributed by atoms with Crippen LogP contribution in [0.1, 0.15) is 74.5 Å². The zero-order valence-corrected chi connectivity index (χ0v) is 23.2. The van der Waals surface area contributed by atoms with Gasteiger partial charge in [0.15, 0.2) is 11.5 Å². The van der Waals surface area contributed by atoms with Crippen molar-refractivity contribution in [2.75, 3.05) is 39.2 Å². The molecule has 2 heterocycles. The number of ether oxygens (including phenoxy) is 3. The van der Waals surface area contributed by atoms with Gasteiger partial charge in [-0.25, -0.2) is 0 Å². The van der Waals surface area contributed by atoms with Crippen molar-refractivity contribution in [1.29, 1.82) is 0 Å². The molecule has 4 saturated carbocycles. The van der Waals surface area contributed by atoms with Crippen LogP contribution in [0.3, 0.4) is 0 Å². The number of benzene rings is 2. The number of nitrogens with one attached hydrogen (secondary N) is 1. The molecule has 0 radical (unpaired) electrons. The van der Waals surface area contributed by atoms with Gasteiger partial charge in [0.25, 0.3) is 0 Å². The number of hydrogen-bond donors (Lipinski definition) is 1. The molecule has 0 amide bonds. The Bertz CT molecular complexity index is 1260. The first-order valence-corrected chi connectivity index (χ1v) is 15.1. The van der Waals surface area contributed by atoms with Gasteiger partial charge in [-0.1, -0.05) is 25.1 Å². The quantitative estimate of drug-likeness (QED) is 0.475. The van der Waals surface area contributed by atoms with Crippen LogP contribution in [0.15, 0.2) is 36.4 Å². The summed E-state index contributed by atoms with van der Waals surface area (Å²) in [7, 11) is 3.74. The first-order valence-electron chi connectivity index (χ1n) is 15.1. The maximum atomic E-state index is 7.20. The van der Waals surface area contributed by atoms with Gasteiger partial charge in [0.1, 0.15) is 11.7 Å². The van der Waals surface area contributed by atoms with Gasteiger partial charge in [0, 0.05) is 54.2 Å². The normalized spacial score (nSPS) is 38.0. The third kappa shape index (κ3) is 2.80. The molecule has 6 atom stereocenters. The molecule has 5 heteroatoms. The van der Waals surface area contributed by atoms with E-state index >= 15 is 0 Å². The summed E-state index contributed by atoms with van der Waals surface area (Å²) in [6, 6.07) is 14.4. The standard InChI is InChI=1S/C33H42N2O3/c1-4-16-34-24-10-7-22(8-11-24)25-19-31-13-14-33(25,37-3)30-32(31)15-17-35(20-21-5-6-21)27(31)18-23-9-12-26(36-2)29(38-30)28(23)32/h7-12,21,25,27,30,34H,4-6,13-20H2,1-3H3/t25-,27-,30-,31-,32+,33-/m1/s1. The maximum Gasteiger partial charge on any atom is 0.165 e. The van der Waals surface area contributed by atoms with Gasteiger partial charge in [-0.2, -0.15) is 0 Å². The number of likely N-dealkylation sites (tertiary alicyclic amines) is 1. The summed E-state index contributed by atoms with van der Waals surface area (Å²) in [6.07, 6.45) is 9.79.